The summed E-state index contributed by atoms with van der Waals surface area (Å²) in [5, 5.41) is 0. The minimum Gasteiger partial charge on any atom is -0.300 e. The summed E-state index contributed by atoms with van der Waals surface area (Å²) in [6, 6.07) is 0. The molecule has 4 nitrogen and oxygen atoms in total. The van der Waals surface area contributed by atoms with Gasteiger partial charge in [0, 0.05) is 0 Å². The van der Waals surface area contributed by atoms with Crippen molar-refractivity contribution < 1.29 is 22.8 Å². The van der Waals surface area contributed by atoms with Crippen LogP contribution in [0.1, 0.15) is 0 Å². The van der Waals surface area contributed by atoms with Crippen molar-refractivity contribution in [2.24, 2.45) is 0 Å². The van der Waals surface area contributed by atoms with Gasteiger partial charge in [-0.15, -0.1) is 0 Å². The van der Waals surface area contributed by atoms with Gasteiger partial charge in [0.2, 0.25) is 0 Å². The van der Waals surface area contributed by atoms with Crippen molar-refractivity contribution in [3.05, 3.63) is 0 Å². The highest BCUT2D eigenvalue weighted by atomic mass is 35.5. The Morgan fingerprint density at radius 2 is 2.29 bits per heavy atom. The zero-order valence-electron chi connectivity index (χ0n) is 2.88. The molecule has 7 heteroatoms. The molecule has 0 spiro atoms. The van der Waals surface area contributed by atoms with Crippen LogP contribution >= 0.6 is 19.7 Å². The average molecular weight is 150 g/mol. The molecule has 0 aromatic rings. The first-order valence-electron chi connectivity index (χ1n) is 1.06. The Labute approximate surface area is 43.5 Å². The molecular weight excluding hydrogens is 149 g/mol. The molecule has 1 unspecified atom stereocenters. The van der Waals surface area contributed by atoms with Crippen molar-refractivity contribution >= 4 is 19.7 Å². The van der Waals surface area contributed by atoms with Crippen molar-refractivity contribution in [2.75, 3.05) is 0 Å². The Morgan fingerprint density at radius 1 is 1.86 bits per heavy atom. The summed E-state index contributed by atoms with van der Waals surface area (Å²) in [5.74, 6) is 0. The largest absolute Gasteiger partial charge is 0.519 e. The molecular formula is HClFO4P. The van der Waals surface area contributed by atoms with E-state index in [0.717, 1.165) is 0 Å². The van der Waals surface area contributed by atoms with Crippen LogP contribution in [0.3, 0.4) is 0 Å². The Kier molecular flexibility index (Phi) is 2.71. The van der Waals surface area contributed by atoms with Crippen molar-refractivity contribution in [3.8, 4) is 0 Å². The summed E-state index contributed by atoms with van der Waals surface area (Å²) >= 11 is 4.22. The maximum Gasteiger partial charge on any atom is 0.519 e. The molecule has 0 aliphatic rings. The van der Waals surface area contributed by atoms with Gasteiger partial charge in [-0.2, -0.15) is 4.08 Å². The molecule has 1 N–H and O–H groups in total. The first-order valence-corrected chi connectivity index (χ1v) is 2.86. The fourth-order valence-corrected chi connectivity index (χ4v) is 0.0958. The molecule has 0 aromatic carbocycles. The predicted molar refractivity (Wildman–Crippen MR) is 19.0 cm³/mol. The molecule has 0 saturated carbocycles. The average Bonchev–Trinajstić information content (AvgIpc) is 1.68. The summed E-state index contributed by atoms with van der Waals surface area (Å²) in [6.07, 6.45) is 0. The molecule has 0 saturated heterocycles. The third-order valence-corrected chi connectivity index (χ3v) is 1.05. The van der Waals surface area contributed by atoms with E-state index in [1.807, 2.05) is 0 Å². The van der Waals surface area contributed by atoms with Gasteiger partial charge in [0.05, 0.1) is 11.9 Å². The van der Waals surface area contributed by atoms with Crippen LogP contribution in [0.5, 0.6) is 0 Å². The number of rotatable bonds is 2. The predicted octanol–water partition coefficient (Wildman–Crippen LogP) is 1.16. The van der Waals surface area contributed by atoms with Gasteiger partial charge in [0.25, 0.3) is 0 Å². The van der Waals surface area contributed by atoms with E-state index in [9.17, 15) is 9.09 Å². The SMILES string of the molecule is O=P(O)(OF)OCl. The molecule has 0 heterocycles. The Morgan fingerprint density at radius 3 is 2.29 bits per heavy atom. The smallest absolute Gasteiger partial charge is 0.300 e. The van der Waals surface area contributed by atoms with Gasteiger partial charge in [-0.05, 0) is 4.53 Å². The number of hydrogen-bond acceptors (Lipinski definition) is 3. The summed E-state index contributed by atoms with van der Waals surface area (Å²) in [4.78, 5) is 7.74. The van der Waals surface area contributed by atoms with Gasteiger partial charge < -0.3 is 0 Å². The maximum absolute atomic E-state index is 10.5. The van der Waals surface area contributed by atoms with Crippen LogP contribution in [0.2, 0.25) is 0 Å². The van der Waals surface area contributed by atoms with Crippen LogP contribution in [0.4, 0.5) is 4.53 Å². The lowest BCUT2D eigenvalue weighted by Gasteiger charge is -1.93. The van der Waals surface area contributed by atoms with Crippen LogP contribution in [0.15, 0.2) is 0 Å². The van der Waals surface area contributed by atoms with E-state index in [0.29, 0.717) is 0 Å². The van der Waals surface area contributed by atoms with Crippen molar-refractivity contribution in [2.45, 2.75) is 0 Å². The monoisotopic (exact) mass is 150 g/mol. The van der Waals surface area contributed by atoms with Crippen LogP contribution in [0, 0.1) is 0 Å². The highest BCUT2D eigenvalue weighted by Gasteiger charge is 2.20. The zero-order valence-corrected chi connectivity index (χ0v) is 4.53. The summed E-state index contributed by atoms with van der Waals surface area (Å²) in [5.41, 5.74) is 0. The second-order valence-corrected chi connectivity index (χ2v) is 2.23. The molecule has 0 amide bonds. The first-order chi connectivity index (χ1) is 3.12. The van der Waals surface area contributed by atoms with Crippen LogP contribution < -0.4 is 0 Å². The lowest BCUT2D eigenvalue weighted by Crippen LogP contribution is -1.74. The van der Waals surface area contributed by atoms with E-state index in [-0.39, 0.29) is 0 Å². The van der Waals surface area contributed by atoms with Gasteiger partial charge in [-0.1, -0.05) is 4.73 Å². The molecule has 0 aliphatic heterocycles. The van der Waals surface area contributed by atoms with Gasteiger partial charge in [-0.25, -0.2) is 4.57 Å². The molecule has 0 rings (SSSR count). The molecule has 1 atom stereocenters. The molecule has 0 aliphatic carbocycles. The Hall–Kier alpha value is 0.330. The zero-order chi connectivity index (χ0) is 5.91. The Balaban J connectivity index is 3.61. The fourth-order valence-electron chi connectivity index (χ4n) is 0.0106. The molecule has 7 heavy (non-hydrogen) atoms. The minimum atomic E-state index is -4.56. The highest BCUT2D eigenvalue weighted by molar-refractivity contribution is 7.48. The molecule has 0 fully saturated rings. The molecule has 0 aromatic heterocycles. The lowest BCUT2D eigenvalue weighted by atomic mass is 15.6. The molecule has 44 valence electrons. The van der Waals surface area contributed by atoms with Crippen molar-refractivity contribution in [1.82, 2.24) is 0 Å². The van der Waals surface area contributed by atoms with Gasteiger partial charge in [0.1, 0.15) is 0 Å². The molecule has 0 bridgehead atoms. The summed E-state index contributed by atoms with van der Waals surface area (Å²) in [6.45, 7) is 0. The second kappa shape index (κ2) is 2.59. The first kappa shape index (κ1) is 7.33. The quantitative estimate of drug-likeness (QED) is 0.600. The standard InChI is InChI=1S/ClFHO4P/c1-5-7(3,4)6-2/h(H,3,4). The van der Waals surface area contributed by atoms with Gasteiger partial charge in [0.15, 0.2) is 0 Å². The number of hydrogen-bond donors (Lipinski definition) is 1. The highest BCUT2D eigenvalue weighted by Crippen LogP contribution is 2.44. The minimum absolute atomic E-state index is 2.34. The van der Waals surface area contributed by atoms with E-state index in [2.05, 4.69) is 20.7 Å². The van der Waals surface area contributed by atoms with E-state index in [1.54, 1.807) is 0 Å². The summed E-state index contributed by atoms with van der Waals surface area (Å²) < 4.78 is 25.5. The maximum atomic E-state index is 10.5. The van der Waals surface area contributed by atoms with Gasteiger partial charge >= 0.3 is 7.82 Å². The van der Waals surface area contributed by atoms with E-state index >= 15 is 0 Å². The second-order valence-electron chi connectivity index (χ2n) is 0.607. The normalized spacial score (nSPS) is 18.7. The summed E-state index contributed by atoms with van der Waals surface area (Å²) in [7, 11) is -4.56. The van der Waals surface area contributed by atoms with Crippen LogP contribution in [-0.2, 0) is 13.4 Å². The Bertz CT molecular complexity index is 83.7. The van der Waals surface area contributed by atoms with E-state index < -0.39 is 7.82 Å². The van der Waals surface area contributed by atoms with Crippen molar-refractivity contribution in [3.63, 3.8) is 0 Å². The topological polar surface area (TPSA) is 55.8 Å². The van der Waals surface area contributed by atoms with Crippen molar-refractivity contribution in [1.29, 1.82) is 0 Å². The van der Waals surface area contributed by atoms with E-state index in [1.165, 1.54) is 0 Å². The van der Waals surface area contributed by atoms with Gasteiger partial charge in [-0.3, -0.25) is 4.89 Å². The van der Waals surface area contributed by atoms with E-state index in [4.69, 9.17) is 4.89 Å². The molecule has 0 radical (unpaired) electrons. The van der Waals surface area contributed by atoms with Crippen LogP contribution in [0.25, 0.3) is 0 Å². The number of halogens is 2. The fraction of sp³-hybridized carbons (Fsp3) is 0. The third-order valence-electron chi connectivity index (χ3n) is 0.174. The van der Waals surface area contributed by atoms with Crippen LogP contribution in [-0.4, -0.2) is 4.89 Å². The lowest BCUT2D eigenvalue weighted by molar-refractivity contribution is -0.0355. The number of phosphoric acid groups is 1. The third kappa shape index (κ3) is 2.96.